The normalized spacial score (nSPS) is 9.75. The summed E-state index contributed by atoms with van der Waals surface area (Å²) in [6, 6.07) is 0. The first-order valence-electron chi connectivity index (χ1n) is 3.04. The minimum absolute atomic E-state index is 0.713. The Labute approximate surface area is 51.2 Å². The topological polar surface area (TPSA) is 21.3 Å². The van der Waals surface area contributed by atoms with Gasteiger partial charge in [-0.2, -0.15) is 0 Å². The predicted octanol–water partition coefficient (Wildman–Crippen LogP) is 0.794. The summed E-state index contributed by atoms with van der Waals surface area (Å²) in [5, 5.41) is 3.03. The van der Waals surface area contributed by atoms with Gasteiger partial charge in [-0.1, -0.05) is 6.92 Å². The zero-order valence-corrected chi connectivity index (χ0v) is 5.61. The maximum Gasteiger partial charge on any atom is 0.0635 e. The van der Waals surface area contributed by atoms with E-state index in [4.69, 9.17) is 4.74 Å². The molecule has 0 unspecified atom stereocenters. The van der Waals surface area contributed by atoms with Crippen molar-refractivity contribution in [2.45, 2.75) is 13.8 Å². The van der Waals surface area contributed by atoms with Gasteiger partial charge in [0.2, 0.25) is 0 Å². The molecule has 0 aliphatic rings. The molecule has 0 fully saturated rings. The van der Waals surface area contributed by atoms with E-state index >= 15 is 0 Å². The van der Waals surface area contributed by atoms with E-state index in [1.165, 1.54) is 0 Å². The number of rotatable bonds is 5. The van der Waals surface area contributed by atoms with E-state index in [-0.39, 0.29) is 0 Å². The van der Waals surface area contributed by atoms with E-state index in [2.05, 4.69) is 12.2 Å². The highest BCUT2D eigenvalue weighted by atomic mass is 16.5. The predicted molar refractivity (Wildman–Crippen MR) is 34.5 cm³/mol. The summed E-state index contributed by atoms with van der Waals surface area (Å²) in [5.74, 6) is 0. The molecule has 0 heterocycles. The highest BCUT2D eigenvalue weighted by molar-refractivity contribution is 4.56. The van der Waals surface area contributed by atoms with Gasteiger partial charge in [0.15, 0.2) is 0 Å². The van der Waals surface area contributed by atoms with Gasteiger partial charge in [-0.25, -0.2) is 0 Å². The Morgan fingerprint density at radius 3 is 2.75 bits per heavy atom. The van der Waals surface area contributed by atoms with E-state index in [0.717, 1.165) is 13.2 Å². The van der Waals surface area contributed by atoms with Crippen LogP contribution in [-0.4, -0.2) is 19.8 Å². The Kier molecular flexibility index (Phi) is 6.85. The van der Waals surface area contributed by atoms with Crippen molar-refractivity contribution in [2.24, 2.45) is 0 Å². The van der Waals surface area contributed by atoms with Crippen molar-refractivity contribution in [2.75, 3.05) is 19.8 Å². The fraction of sp³-hybridized carbons (Fsp3) is 0.833. The lowest BCUT2D eigenvalue weighted by atomic mass is 10.6. The van der Waals surface area contributed by atoms with Crippen LogP contribution in [0.15, 0.2) is 0 Å². The quantitative estimate of drug-likeness (QED) is 0.536. The maximum absolute atomic E-state index is 5.02. The van der Waals surface area contributed by atoms with Crippen LogP contribution in [-0.2, 0) is 4.74 Å². The van der Waals surface area contributed by atoms with Crippen LogP contribution in [0.2, 0.25) is 0 Å². The second-order valence-corrected chi connectivity index (χ2v) is 1.42. The summed E-state index contributed by atoms with van der Waals surface area (Å²) in [5.41, 5.74) is 0. The van der Waals surface area contributed by atoms with Crippen molar-refractivity contribution in [1.29, 1.82) is 0 Å². The van der Waals surface area contributed by atoms with E-state index in [0.29, 0.717) is 6.61 Å². The minimum atomic E-state index is 0.713. The second kappa shape index (κ2) is 6.92. The Hall–Kier alpha value is -0.0800. The lowest BCUT2D eigenvalue weighted by molar-refractivity contribution is 0.164. The van der Waals surface area contributed by atoms with Gasteiger partial charge in [-0.3, -0.25) is 0 Å². The van der Waals surface area contributed by atoms with Gasteiger partial charge < -0.3 is 10.1 Å². The van der Waals surface area contributed by atoms with Gasteiger partial charge >= 0.3 is 0 Å². The van der Waals surface area contributed by atoms with Gasteiger partial charge in [-0.05, 0) is 13.5 Å². The molecule has 2 nitrogen and oxygen atoms in total. The molecule has 0 spiro atoms. The monoisotopic (exact) mass is 116 g/mol. The Bertz CT molecular complexity index is 33.5. The first-order valence-corrected chi connectivity index (χ1v) is 3.04. The minimum Gasteiger partial charge on any atom is -0.380 e. The van der Waals surface area contributed by atoms with Crippen molar-refractivity contribution in [1.82, 2.24) is 5.32 Å². The Morgan fingerprint density at radius 2 is 2.25 bits per heavy atom. The van der Waals surface area contributed by atoms with Crippen molar-refractivity contribution >= 4 is 0 Å². The van der Waals surface area contributed by atoms with E-state index < -0.39 is 0 Å². The highest BCUT2D eigenvalue weighted by Gasteiger charge is 1.81. The molecule has 0 aromatic rings. The fourth-order valence-corrected chi connectivity index (χ4v) is 0.380. The SMILES string of the molecule is CCN[CH]COCC. The molecule has 0 saturated carbocycles. The molecular weight excluding hydrogens is 102 g/mol. The zero-order valence-electron chi connectivity index (χ0n) is 5.61. The third kappa shape index (κ3) is 5.92. The molecule has 0 aromatic heterocycles. The van der Waals surface area contributed by atoms with Gasteiger partial charge in [0, 0.05) is 13.2 Å². The fourth-order valence-electron chi connectivity index (χ4n) is 0.380. The van der Waals surface area contributed by atoms with E-state index in [1.807, 2.05) is 13.5 Å². The Balaban J connectivity index is 2.53. The molecule has 49 valence electrons. The second-order valence-electron chi connectivity index (χ2n) is 1.42. The van der Waals surface area contributed by atoms with E-state index in [9.17, 15) is 0 Å². The van der Waals surface area contributed by atoms with Crippen molar-refractivity contribution in [3.8, 4) is 0 Å². The van der Waals surface area contributed by atoms with Gasteiger partial charge in [0.25, 0.3) is 0 Å². The Morgan fingerprint density at radius 1 is 1.50 bits per heavy atom. The van der Waals surface area contributed by atoms with Crippen LogP contribution in [0.4, 0.5) is 0 Å². The summed E-state index contributed by atoms with van der Waals surface area (Å²) >= 11 is 0. The van der Waals surface area contributed by atoms with Crippen molar-refractivity contribution in [3.63, 3.8) is 0 Å². The molecule has 1 N–H and O–H groups in total. The van der Waals surface area contributed by atoms with Crippen LogP contribution in [0, 0.1) is 6.54 Å². The molecule has 0 bridgehead atoms. The van der Waals surface area contributed by atoms with E-state index in [1.54, 1.807) is 0 Å². The van der Waals surface area contributed by atoms with Gasteiger partial charge in [-0.15, -0.1) is 0 Å². The molecule has 0 aliphatic heterocycles. The van der Waals surface area contributed by atoms with Crippen LogP contribution in [0.3, 0.4) is 0 Å². The third-order valence-corrected chi connectivity index (χ3v) is 0.754. The number of ether oxygens (including phenoxy) is 1. The molecule has 0 aliphatic carbocycles. The first-order chi connectivity index (χ1) is 3.91. The van der Waals surface area contributed by atoms with Crippen LogP contribution in [0.5, 0.6) is 0 Å². The summed E-state index contributed by atoms with van der Waals surface area (Å²) in [6.45, 7) is 8.45. The average molecular weight is 116 g/mol. The molecule has 1 radical (unpaired) electrons. The molecule has 0 rings (SSSR count). The van der Waals surface area contributed by atoms with Crippen LogP contribution in [0.25, 0.3) is 0 Å². The summed E-state index contributed by atoms with van der Waals surface area (Å²) in [7, 11) is 0. The van der Waals surface area contributed by atoms with Crippen LogP contribution >= 0.6 is 0 Å². The third-order valence-electron chi connectivity index (χ3n) is 0.754. The highest BCUT2D eigenvalue weighted by Crippen LogP contribution is 1.73. The van der Waals surface area contributed by atoms with Crippen LogP contribution in [0.1, 0.15) is 13.8 Å². The smallest absolute Gasteiger partial charge is 0.0635 e. The van der Waals surface area contributed by atoms with Gasteiger partial charge in [0.1, 0.15) is 0 Å². The average Bonchev–Trinajstić information content (AvgIpc) is 1.81. The lowest BCUT2D eigenvalue weighted by Crippen LogP contribution is -2.12. The number of hydrogen-bond acceptors (Lipinski definition) is 2. The lowest BCUT2D eigenvalue weighted by Gasteiger charge is -1.98. The van der Waals surface area contributed by atoms with Crippen molar-refractivity contribution < 1.29 is 4.74 Å². The van der Waals surface area contributed by atoms with Gasteiger partial charge in [0.05, 0.1) is 6.61 Å². The molecule has 0 aromatic carbocycles. The molecule has 0 atom stereocenters. The number of nitrogens with one attached hydrogen (secondary N) is 1. The molecule has 0 amide bonds. The maximum atomic E-state index is 5.02. The number of hydrogen-bond donors (Lipinski definition) is 1. The molecule has 2 heteroatoms. The zero-order chi connectivity index (χ0) is 6.24. The molecular formula is C6H14NO. The first kappa shape index (κ1) is 7.92. The molecule has 8 heavy (non-hydrogen) atoms. The largest absolute Gasteiger partial charge is 0.380 e. The van der Waals surface area contributed by atoms with Crippen LogP contribution < -0.4 is 5.32 Å². The van der Waals surface area contributed by atoms with Crippen molar-refractivity contribution in [3.05, 3.63) is 6.54 Å². The summed E-state index contributed by atoms with van der Waals surface area (Å²) in [4.78, 5) is 0. The summed E-state index contributed by atoms with van der Waals surface area (Å²) in [6.07, 6.45) is 0. The summed E-state index contributed by atoms with van der Waals surface area (Å²) < 4.78 is 5.02. The standard InChI is InChI=1S/C6H14NO/c1-3-7-5-6-8-4-2/h5,7H,3-4,6H2,1-2H3. The number of likely N-dealkylation sites (N-methyl/N-ethyl adjacent to an activating group) is 1. The molecule has 0 saturated heterocycles.